The van der Waals surface area contributed by atoms with Gasteiger partial charge in [-0.15, -0.1) is 0 Å². The van der Waals surface area contributed by atoms with Crippen LogP contribution in [0, 0.1) is 17.9 Å². The summed E-state index contributed by atoms with van der Waals surface area (Å²) in [6, 6.07) is 103. The molecule has 11 heteroatoms. The Morgan fingerprint density at radius 3 is 0.786 bits per heavy atom. The van der Waals surface area contributed by atoms with Crippen molar-refractivity contribution in [2.45, 2.75) is 6.18 Å². The Balaban J connectivity index is 0.966. The molecule has 0 bridgehead atoms. The predicted molar refractivity (Wildman–Crippen MR) is 394 cm³/mol. The van der Waals surface area contributed by atoms with Crippen LogP contribution in [0.2, 0.25) is 0 Å². The summed E-state index contributed by atoms with van der Waals surface area (Å²) in [4.78, 5) is 4.03. The van der Waals surface area contributed by atoms with Crippen molar-refractivity contribution >= 4 is 137 Å². The highest BCUT2D eigenvalue weighted by molar-refractivity contribution is 6.17. The van der Waals surface area contributed by atoms with E-state index in [1.807, 2.05) is 12.1 Å². The predicted octanol–water partition coefficient (Wildman–Crippen LogP) is 23.4. The minimum Gasteiger partial charge on any atom is -0.309 e. The second-order valence-electron chi connectivity index (χ2n) is 25.3. The molecule has 0 amide bonds. The normalized spacial score (nSPS) is 12.2. The van der Waals surface area contributed by atoms with E-state index in [1.54, 1.807) is 0 Å². The molecular formula is C87H49F3N8. The monoisotopic (exact) mass is 1260 g/mol. The fraction of sp³-hybridized carbons (Fsp3) is 0.0115. The van der Waals surface area contributed by atoms with E-state index in [9.17, 15) is 5.26 Å². The fourth-order valence-corrected chi connectivity index (χ4v) is 16.2. The first-order chi connectivity index (χ1) is 48.2. The summed E-state index contributed by atoms with van der Waals surface area (Å²) >= 11 is 0. The van der Waals surface area contributed by atoms with Gasteiger partial charge in [0.2, 0.25) is 0 Å². The molecule has 0 unspecified atom stereocenters. The van der Waals surface area contributed by atoms with Crippen LogP contribution < -0.4 is 0 Å². The van der Waals surface area contributed by atoms with Crippen LogP contribution in [0.15, 0.2) is 297 Å². The first-order valence-electron chi connectivity index (χ1n) is 32.5. The molecule has 0 aliphatic heterocycles. The maximum absolute atomic E-state index is 15.3. The number of benzene rings is 14. The van der Waals surface area contributed by atoms with Crippen LogP contribution >= 0.6 is 0 Å². The Labute approximate surface area is 556 Å². The average Bonchev–Trinajstić information content (AvgIpc) is 1.55. The summed E-state index contributed by atoms with van der Waals surface area (Å²) < 4.78 is 59.3. The number of para-hydroxylation sites is 8. The molecule has 458 valence electrons. The van der Waals surface area contributed by atoms with Crippen LogP contribution in [0.25, 0.3) is 181 Å². The van der Waals surface area contributed by atoms with Gasteiger partial charge >= 0.3 is 6.18 Å². The molecule has 0 saturated carbocycles. The highest BCUT2D eigenvalue weighted by Gasteiger charge is 2.33. The zero-order chi connectivity index (χ0) is 65.2. The number of hydrogen-bond donors (Lipinski definition) is 0. The van der Waals surface area contributed by atoms with E-state index in [4.69, 9.17) is 6.57 Å². The molecule has 0 N–H and O–H groups in total. The third-order valence-corrected chi connectivity index (χ3v) is 20.2. The lowest BCUT2D eigenvalue weighted by Crippen LogP contribution is -2.07. The Morgan fingerprint density at radius 2 is 0.541 bits per heavy atom. The number of halogens is 3. The lowest BCUT2D eigenvalue weighted by molar-refractivity contribution is -0.137. The molecule has 0 spiro atoms. The summed E-state index contributed by atoms with van der Waals surface area (Å²) in [5.41, 5.74) is 15.4. The number of hydrogen-bond acceptors (Lipinski definition) is 1. The lowest BCUT2D eigenvalue weighted by atomic mass is 9.95. The zero-order valence-corrected chi connectivity index (χ0v) is 52.0. The van der Waals surface area contributed by atoms with E-state index in [0.717, 1.165) is 166 Å². The van der Waals surface area contributed by atoms with Crippen LogP contribution in [0.1, 0.15) is 11.1 Å². The van der Waals surface area contributed by atoms with E-state index in [1.165, 1.54) is 6.07 Å². The average molecular weight is 1260 g/mol. The molecule has 0 aliphatic carbocycles. The van der Waals surface area contributed by atoms with Crippen LogP contribution in [0.4, 0.5) is 18.9 Å². The summed E-state index contributed by atoms with van der Waals surface area (Å²) in [6.07, 6.45) is -4.77. The van der Waals surface area contributed by atoms with Gasteiger partial charge in [-0.1, -0.05) is 182 Å². The van der Waals surface area contributed by atoms with Crippen molar-refractivity contribution < 1.29 is 13.2 Å². The van der Waals surface area contributed by atoms with Gasteiger partial charge in [0, 0.05) is 98.5 Å². The van der Waals surface area contributed by atoms with E-state index in [2.05, 4.69) is 305 Å². The van der Waals surface area contributed by atoms with Crippen molar-refractivity contribution in [3.8, 4) is 51.3 Å². The minimum atomic E-state index is -4.77. The van der Waals surface area contributed by atoms with Crippen LogP contribution in [-0.4, -0.2) is 27.4 Å². The van der Waals surface area contributed by atoms with E-state index in [0.29, 0.717) is 16.9 Å². The van der Waals surface area contributed by atoms with Crippen molar-refractivity contribution in [2.24, 2.45) is 0 Å². The van der Waals surface area contributed by atoms with Crippen molar-refractivity contribution in [1.82, 2.24) is 27.4 Å². The minimum absolute atomic E-state index is 0.206. The summed E-state index contributed by atoms with van der Waals surface area (Å²) in [6.45, 7) is 8.97. The number of aromatic nitrogens is 6. The van der Waals surface area contributed by atoms with Crippen molar-refractivity contribution in [3.63, 3.8) is 0 Å². The standard InChI is InChI=1S/C87H49F3N8/c1-92-71-46-53(87(88,89)90)34-39-70(71)86-84(97-80-47-54(93-72-26-10-2-18-58(72)59-19-3-11-27-73(59)93)35-40-66(80)67-41-36-55(48-81(67)97)94-74-28-12-4-20-60(74)61-21-5-13-29-75(61)94)44-52(51-91)45-85(86)98-82-49-56(95-76-30-14-6-22-62(76)63-23-7-15-31-77(63)95)37-42-68(82)69-43-38-57(50-83(69)98)96-78-32-16-8-24-64(78)65-25-9-17-33-79(65)96/h2-50H. The molecule has 0 fully saturated rings. The summed E-state index contributed by atoms with van der Waals surface area (Å²) in [5.74, 6) is 0. The van der Waals surface area contributed by atoms with Gasteiger partial charge in [-0.3, -0.25) is 0 Å². The lowest BCUT2D eigenvalue weighted by Gasteiger charge is -2.23. The third kappa shape index (κ3) is 7.81. The highest BCUT2D eigenvalue weighted by atomic mass is 19.4. The molecule has 98 heavy (non-hydrogen) atoms. The molecule has 0 radical (unpaired) electrons. The molecule has 6 aromatic heterocycles. The van der Waals surface area contributed by atoms with Crippen LogP contribution in [0.3, 0.4) is 0 Å². The van der Waals surface area contributed by atoms with E-state index < -0.39 is 11.7 Å². The Hall–Kier alpha value is -13.4. The smallest absolute Gasteiger partial charge is 0.309 e. The largest absolute Gasteiger partial charge is 0.415 e. The van der Waals surface area contributed by atoms with Crippen LogP contribution in [0.5, 0.6) is 0 Å². The Bertz CT molecular complexity index is 6040. The number of nitriles is 1. The van der Waals surface area contributed by atoms with Gasteiger partial charge < -0.3 is 27.4 Å². The van der Waals surface area contributed by atoms with Gasteiger partial charge in [-0.25, -0.2) is 4.85 Å². The number of nitrogens with zero attached hydrogens (tertiary/aromatic N) is 8. The molecule has 20 rings (SSSR count). The molecule has 20 aromatic rings. The molecule has 8 nitrogen and oxygen atoms in total. The van der Waals surface area contributed by atoms with Crippen molar-refractivity contribution in [3.05, 3.63) is 320 Å². The first kappa shape index (κ1) is 55.1. The van der Waals surface area contributed by atoms with Crippen molar-refractivity contribution in [2.75, 3.05) is 0 Å². The number of alkyl halides is 3. The van der Waals surface area contributed by atoms with Gasteiger partial charge in [0.15, 0.2) is 5.69 Å². The fourth-order valence-electron chi connectivity index (χ4n) is 16.2. The second kappa shape index (κ2) is 20.6. The summed E-state index contributed by atoms with van der Waals surface area (Å²) in [5, 5.41) is 24.2. The molecule has 0 atom stereocenters. The maximum atomic E-state index is 15.3. The quantitative estimate of drug-likeness (QED) is 0.147. The van der Waals surface area contributed by atoms with Gasteiger partial charge in [-0.05, 0) is 121 Å². The maximum Gasteiger partial charge on any atom is 0.415 e. The summed E-state index contributed by atoms with van der Waals surface area (Å²) in [7, 11) is 0. The van der Waals surface area contributed by atoms with E-state index >= 15 is 13.2 Å². The highest BCUT2D eigenvalue weighted by Crippen LogP contribution is 2.49. The SMILES string of the molecule is [C-]#[N+]c1cc(C(F)(F)F)ccc1-c1c(-n2c3cc(-n4c5ccccc5c5ccccc54)ccc3c3ccc(-n4c5ccccc5c5ccccc54)cc32)cc(C#N)cc1-n1c2cc(-n3c4ccccc4c4ccccc43)ccc2c2ccc(-n3c4ccccc4c4ccccc43)cc21. The van der Waals surface area contributed by atoms with Gasteiger partial charge in [0.25, 0.3) is 0 Å². The van der Waals surface area contributed by atoms with Gasteiger partial charge in [-0.2, -0.15) is 18.4 Å². The van der Waals surface area contributed by atoms with Crippen molar-refractivity contribution in [1.29, 1.82) is 5.26 Å². The van der Waals surface area contributed by atoms with E-state index in [-0.39, 0.29) is 16.8 Å². The van der Waals surface area contributed by atoms with Crippen LogP contribution in [-0.2, 0) is 6.18 Å². The Morgan fingerprint density at radius 1 is 0.286 bits per heavy atom. The number of fused-ring (bicyclic) bond motifs is 18. The second-order valence-corrected chi connectivity index (χ2v) is 25.3. The topological polar surface area (TPSA) is 57.7 Å². The Kier molecular flexibility index (Phi) is 11.6. The molecule has 14 aromatic carbocycles. The number of rotatable bonds is 7. The van der Waals surface area contributed by atoms with Gasteiger partial charge in [0.05, 0.1) is 95.8 Å². The first-order valence-corrected chi connectivity index (χ1v) is 32.5. The zero-order valence-electron chi connectivity index (χ0n) is 52.0. The molecular weight excluding hydrogens is 1210 g/mol. The van der Waals surface area contributed by atoms with Gasteiger partial charge in [0.1, 0.15) is 0 Å². The third-order valence-electron chi connectivity index (χ3n) is 20.2. The molecule has 6 heterocycles. The molecule has 0 aliphatic rings. The molecule has 0 saturated heterocycles.